The highest BCUT2D eigenvalue weighted by Crippen LogP contribution is 2.61. The van der Waals surface area contributed by atoms with Crippen LogP contribution in [0.15, 0.2) is 118 Å². The predicted octanol–water partition coefficient (Wildman–Crippen LogP) is 7.31. The van der Waals surface area contributed by atoms with Gasteiger partial charge in [-0.1, -0.05) is 54.6 Å². The second-order valence-electron chi connectivity index (χ2n) is 8.69. The highest BCUT2D eigenvalue weighted by atomic mass is 32.2. The van der Waals surface area contributed by atoms with Gasteiger partial charge in [0, 0.05) is 72.3 Å². The molecule has 3 unspecified atom stereocenters. The Hall–Kier alpha value is -2.70. The molecule has 1 saturated heterocycles. The number of thioether (sulfide) groups is 2. The lowest BCUT2D eigenvalue weighted by atomic mass is 9.84. The Morgan fingerprint density at radius 3 is 2.34 bits per heavy atom. The number of allylic oxidation sites excluding steroid dienone is 6. The highest BCUT2D eigenvalue weighted by molar-refractivity contribution is 8.19. The Bertz CT molecular complexity index is 1290. The molecule has 0 aromatic heterocycles. The van der Waals surface area contributed by atoms with Crippen molar-refractivity contribution in [2.24, 2.45) is 22.1 Å². The fourth-order valence-corrected chi connectivity index (χ4v) is 8.68. The van der Waals surface area contributed by atoms with Crippen LogP contribution in [0.3, 0.4) is 0 Å². The zero-order valence-corrected chi connectivity index (χ0v) is 19.0. The van der Waals surface area contributed by atoms with Gasteiger partial charge in [-0.3, -0.25) is 0 Å². The molecule has 3 heterocycles. The van der Waals surface area contributed by atoms with E-state index >= 15 is 0 Å². The van der Waals surface area contributed by atoms with Gasteiger partial charge >= 0.3 is 4.33 Å². The van der Waals surface area contributed by atoms with Crippen LogP contribution in [0.2, 0.25) is 0 Å². The SMILES string of the molecule is C1=CC2CC3C=CC4=C(C3)S[C@]3(SC2C(=C1)N=[N+]3c1ccccc1)[N+](c1ccccc1)=N4. The highest BCUT2D eigenvalue weighted by Gasteiger charge is 2.68. The minimum atomic E-state index is -0.521. The summed E-state index contributed by atoms with van der Waals surface area (Å²) in [6.45, 7) is 0. The van der Waals surface area contributed by atoms with Gasteiger partial charge in [0.2, 0.25) is 11.4 Å². The van der Waals surface area contributed by atoms with Crippen molar-refractivity contribution in [3.63, 3.8) is 0 Å². The second kappa shape index (κ2) is 7.15. The van der Waals surface area contributed by atoms with Crippen LogP contribution in [-0.4, -0.2) is 19.0 Å². The summed E-state index contributed by atoms with van der Waals surface area (Å²) in [5.41, 5.74) is 4.42. The molecule has 7 rings (SSSR count). The van der Waals surface area contributed by atoms with Crippen LogP contribution >= 0.6 is 23.5 Å². The number of fused-ring (bicyclic) bond motifs is 1. The molecular formula is C26H22N4S2+2. The van der Waals surface area contributed by atoms with Gasteiger partial charge in [-0.25, -0.2) is 0 Å². The Morgan fingerprint density at radius 1 is 0.875 bits per heavy atom. The minimum Gasteiger partial charge on any atom is -0.0798 e. The van der Waals surface area contributed by atoms with Crippen LogP contribution < -0.4 is 0 Å². The van der Waals surface area contributed by atoms with E-state index in [1.54, 1.807) is 0 Å². The van der Waals surface area contributed by atoms with E-state index in [1.807, 2.05) is 23.5 Å². The molecule has 4 bridgehead atoms. The van der Waals surface area contributed by atoms with Crippen LogP contribution in [0.4, 0.5) is 11.4 Å². The number of benzene rings is 2. The van der Waals surface area contributed by atoms with Crippen molar-refractivity contribution in [1.82, 2.24) is 0 Å². The topological polar surface area (TPSA) is 30.7 Å². The van der Waals surface area contributed by atoms with Gasteiger partial charge in [0.15, 0.2) is 0 Å². The normalized spacial score (nSPS) is 31.9. The van der Waals surface area contributed by atoms with Crippen molar-refractivity contribution in [1.29, 1.82) is 0 Å². The smallest absolute Gasteiger partial charge is 0.0798 e. The largest absolute Gasteiger partial charge is 0.512 e. The molecule has 4 nitrogen and oxygen atoms in total. The van der Waals surface area contributed by atoms with E-state index in [0.717, 1.165) is 35.6 Å². The molecule has 5 aliphatic rings. The first-order chi connectivity index (χ1) is 15.8. The van der Waals surface area contributed by atoms with E-state index in [1.165, 1.54) is 4.91 Å². The Balaban J connectivity index is 1.54. The average Bonchev–Trinajstić information content (AvgIpc) is 2.86. The number of hydrogen-bond donors (Lipinski definition) is 0. The molecule has 2 aliphatic carbocycles. The zero-order chi connectivity index (χ0) is 21.1. The summed E-state index contributed by atoms with van der Waals surface area (Å²) in [5, 5.41) is 10.9. The van der Waals surface area contributed by atoms with Gasteiger partial charge in [-0.2, -0.15) is 0 Å². The number of nitrogens with zero attached hydrogens (tertiary/aromatic N) is 4. The summed E-state index contributed by atoms with van der Waals surface area (Å²) in [7, 11) is 0. The second-order valence-corrected chi connectivity index (χ2v) is 11.5. The van der Waals surface area contributed by atoms with Crippen LogP contribution in [0, 0.1) is 11.8 Å². The summed E-state index contributed by atoms with van der Waals surface area (Å²) in [5.74, 6) is 1.02. The van der Waals surface area contributed by atoms with Crippen molar-refractivity contribution >= 4 is 34.9 Å². The van der Waals surface area contributed by atoms with Crippen molar-refractivity contribution in [3.8, 4) is 0 Å². The van der Waals surface area contributed by atoms with Gasteiger partial charge in [0.25, 0.3) is 0 Å². The van der Waals surface area contributed by atoms with Crippen molar-refractivity contribution < 1.29 is 9.39 Å². The molecule has 3 aliphatic heterocycles. The molecule has 0 amide bonds. The molecule has 6 heteroatoms. The van der Waals surface area contributed by atoms with Crippen LogP contribution in [0.5, 0.6) is 0 Å². The van der Waals surface area contributed by atoms with Gasteiger partial charge in [0.05, 0.1) is 5.25 Å². The Morgan fingerprint density at radius 2 is 1.59 bits per heavy atom. The maximum Gasteiger partial charge on any atom is 0.512 e. The minimum absolute atomic E-state index is 0.309. The van der Waals surface area contributed by atoms with E-state index in [0.29, 0.717) is 17.1 Å². The number of para-hydroxylation sites is 2. The van der Waals surface area contributed by atoms with Crippen molar-refractivity contribution in [2.75, 3.05) is 0 Å². The fourth-order valence-electron chi connectivity index (χ4n) is 5.13. The Labute approximate surface area is 195 Å². The monoisotopic (exact) mass is 454 g/mol. The summed E-state index contributed by atoms with van der Waals surface area (Å²) in [4.78, 5) is 1.38. The molecule has 2 aromatic rings. The Kier molecular flexibility index (Phi) is 4.21. The molecule has 156 valence electrons. The molecule has 0 N–H and O–H groups in total. The van der Waals surface area contributed by atoms with Crippen LogP contribution in [0.25, 0.3) is 0 Å². The third-order valence-electron chi connectivity index (χ3n) is 6.64. The third kappa shape index (κ3) is 2.79. The summed E-state index contributed by atoms with van der Waals surface area (Å²) >= 11 is 3.93. The molecule has 1 spiro atoms. The number of hydrogen-bond acceptors (Lipinski definition) is 4. The standard InChI is InChI=1S/C26H22N4S2/c1-3-9-20(10-4-1)29-26-30(21-11-5-2-6-12-21)28-23-13-7-8-19(25(23)32-26)16-18-14-15-22(27-29)24(17-18)31-26/h1-15,18-19,25H,16-17H2/q+2/t18?,19?,25?,26-/m0/s1. The molecule has 2 aromatic carbocycles. The fraction of sp³-hybridized carbons (Fsp3) is 0.231. The molecule has 0 radical (unpaired) electrons. The summed E-state index contributed by atoms with van der Waals surface area (Å²) < 4.78 is 3.90. The lowest BCUT2D eigenvalue weighted by Gasteiger charge is -2.33. The molecular weight excluding hydrogens is 432 g/mol. The summed E-state index contributed by atoms with van der Waals surface area (Å²) in [6, 6.07) is 21.1. The van der Waals surface area contributed by atoms with Gasteiger partial charge in [-0.05, 0) is 36.8 Å². The summed E-state index contributed by atoms with van der Waals surface area (Å²) in [6.07, 6.45) is 13.6. The maximum absolute atomic E-state index is 5.31. The quantitative estimate of drug-likeness (QED) is 0.445. The lowest BCUT2D eigenvalue weighted by Crippen LogP contribution is -2.48. The van der Waals surface area contributed by atoms with Gasteiger partial charge in [0.1, 0.15) is 11.4 Å². The zero-order valence-electron chi connectivity index (χ0n) is 17.4. The number of rotatable bonds is 2. The predicted molar refractivity (Wildman–Crippen MR) is 129 cm³/mol. The van der Waals surface area contributed by atoms with E-state index in [-0.39, 0.29) is 0 Å². The van der Waals surface area contributed by atoms with E-state index in [9.17, 15) is 0 Å². The van der Waals surface area contributed by atoms with Gasteiger partial charge < -0.3 is 0 Å². The molecule has 32 heavy (non-hydrogen) atoms. The average molecular weight is 455 g/mol. The van der Waals surface area contributed by atoms with E-state index in [4.69, 9.17) is 10.2 Å². The first-order valence-corrected chi connectivity index (χ1v) is 12.8. The third-order valence-corrected chi connectivity index (χ3v) is 9.91. The molecule has 4 atom stereocenters. The van der Waals surface area contributed by atoms with Crippen molar-refractivity contribution in [2.45, 2.75) is 22.4 Å². The maximum atomic E-state index is 5.31. The van der Waals surface area contributed by atoms with Crippen LogP contribution in [0.1, 0.15) is 12.8 Å². The molecule has 0 saturated carbocycles. The first kappa shape index (κ1) is 18.8. The van der Waals surface area contributed by atoms with E-state index < -0.39 is 4.33 Å². The first-order valence-electron chi connectivity index (χ1n) is 11.1. The van der Waals surface area contributed by atoms with E-state index in [2.05, 4.69) is 100 Å². The molecule has 1 fully saturated rings. The van der Waals surface area contributed by atoms with Gasteiger partial charge in [-0.15, -0.1) is 0 Å². The van der Waals surface area contributed by atoms with Crippen molar-refractivity contribution in [3.05, 3.63) is 107 Å². The lowest BCUT2D eigenvalue weighted by molar-refractivity contribution is -0.753. The van der Waals surface area contributed by atoms with Crippen LogP contribution in [-0.2, 0) is 0 Å². The number of azo groups is 4.